The monoisotopic (exact) mass is 486 g/mol. The van der Waals surface area contributed by atoms with Crippen LogP contribution in [0.25, 0.3) is 0 Å². The predicted octanol–water partition coefficient (Wildman–Crippen LogP) is 5.72. The molecule has 0 unspecified atom stereocenters. The molecule has 0 saturated carbocycles. The zero-order valence-electron chi connectivity index (χ0n) is 17.8. The minimum atomic E-state index is -0.406. The number of thioether (sulfide) groups is 1. The van der Waals surface area contributed by atoms with E-state index in [2.05, 4.69) is 10.2 Å². The lowest BCUT2D eigenvalue weighted by atomic mass is 10.0. The Morgan fingerprint density at radius 3 is 2.56 bits per heavy atom. The Hall–Kier alpha value is -2.32. The van der Waals surface area contributed by atoms with E-state index >= 15 is 0 Å². The van der Waals surface area contributed by atoms with Crippen LogP contribution >= 0.6 is 34.7 Å². The summed E-state index contributed by atoms with van der Waals surface area (Å²) in [5, 5.41) is 4.22. The van der Waals surface area contributed by atoms with E-state index in [1.807, 2.05) is 55.6 Å². The van der Waals surface area contributed by atoms with Crippen molar-refractivity contribution < 1.29 is 14.3 Å². The molecule has 3 aromatic rings. The van der Waals surface area contributed by atoms with Crippen molar-refractivity contribution in [2.24, 2.45) is 0 Å². The van der Waals surface area contributed by atoms with Gasteiger partial charge >= 0.3 is 5.97 Å². The van der Waals surface area contributed by atoms with E-state index in [4.69, 9.17) is 16.3 Å². The van der Waals surface area contributed by atoms with Gasteiger partial charge in [-0.2, -0.15) is 0 Å². The predicted molar refractivity (Wildman–Crippen MR) is 131 cm³/mol. The molecule has 0 saturated heterocycles. The fraction of sp³-hybridized carbons (Fsp3) is 0.250. The first kappa shape index (κ1) is 22.9. The van der Waals surface area contributed by atoms with Crippen molar-refractivity contribution in [3.05, 3.63) is 80.7 Å². The van der Waals surface area contributed by atoms with Crippen LogP contribution in [0.2, 0.25) is 5.02 Å². The molecule has 0 radical (unpaired) electrons. The summed E-state index contributed by atoms with van der Waals surface area (Å²) < 4.78 is 4.99. The molecule has 1 aliphatic rings. The van der Waals surface area contributed by atoms with Gasteiger partial charge in [-0.25, -0.2) is 4.79 Å². The van der Waals surface area contributed by atoms with E-state index in [1.165, 1.54) is 18.4 Å². The Kier molecular flexibility index (Phi) is 7.20. The zero-order chi connectivity index (χ0) is 22.7. The summed E-state index contributed by atoms with van der Waals surface area (Å²) in [6.45, 7) is 1.64. The van der Waals surface area contributed by atoms with Crippen molar-refractivity contribution in [1.29, 1.82) is 0 Å². The minimum absolute atomic E-state index is 0.237. The number of nitrogens with zero attached hydrogens (tertiary/aromatic N) is 1. The number of likely N-dealkylation sites (N-methyl/N-ethyl adjacent to an activating group) is 1. The second-order valence-corrected chi connectivity index (χ2v) is 10.2. The van der Waals surface area contributed by atoms with Crippen LogP contribution in [0.1, 0.15) is 36.7 Å². The van der Waals surface area contributed by atoms with Gasteiger partial charge in [0.15, 0.2) is 0 Å². The van der Waals surface area contributed by atoms with Crippen LogP contribution in [0.15, 0.2) is 53.4 Å². The largest absolute Gasteiger partial charge is 0.465 e. The standard InChI is InChI=1S/C24H23ClN2O3S2/c1-27-12-11-19-20(13-27)32-23(21(19)24(29)30-2)26-22(28)16-5-3-15(4-6-16)14-31-18-9-7-17(25)8-10-18/h3-10H,11-14H2,1-2H3,(H,26,28). The number of carbonyl (C=O) groups is 2. The van der Waals surface area contributed by atoms with Crippen LogP contribution < -0.4 is 5.32 Å². The van der Waals surface area contributed by atoms with E-state index in [0.717, 1.165) is 51.2 Å². The molecule has 5 nitrogen and oxygen atoms in total. The lowest BCUT2D eigenvalue weighted by Crippen LogP contribution is -2.26. The van der Waals surface area contributed by atoms with E-state index in [0.29, 0.717) is 16.1 Å². The molecule has 166 valence electrons. The van der Waals surface area contributed by atoms with Gasteiger partial charge in [0.25, 0.3) is 5.91 Å². The van der Waals surface area contributed by atoms with Gasteiger partial charge in [0.1, 0.15) is 5.00 Å². The maximum Gasteiger partial charge on any atom is 0.341 e. The zero-order valence-corrected chi connectivity index (χ0v) is 20.2. The SMILES string of the molecule is COC(=O)c1c(NC(=O)c2ccc(CSc3ccc(Cl)cc3)cc2)sc2c1CCN(C)C2. The number of fused-ring (bicyclic) bond motifs is 1. The smallest absolute Gasteiger partial charge is 0.341 e. The highest BCUT2D eigenvalue weighted by molar-refractivity contribution is 7.98. The first-order valence-corrected chi connectivity index (χ1v) is 12.3. The summed E-state index contributed by atoms with van der Waals surface area (Å²) in [7, 11) is 3.42. The number of hydrogen-bond donors (Lipinski definition) is 1. The molecule has 0 aliphatic carbocycles. The summed E-state index contributed by atoms with van der Waals surface area (Å²) in [6.07, 6.45) is 0.766. The third-order valence-corrected chi connectivity index (χ3v) is 7.77. The number of methoxy groups -OCH3 is 1. The van der Waals surface area contributed by atoms with Gasteiger partial charge in [-0.3, -0.25) is 4.79 Å². The molecular formula is C24H23ClN2O3S2. The number of hydrogen-bond acceptors (Lipinski definition) is 6. The van der Waals surface area contributed by atoms with Crippen LogP contribution in [0.4, 0.5) is 5.00 Å². The van der Waals surface area contributed by atoms with Gasteiger partial charge < -0.3 is 15.0 Å². The van der Waals surface area contributed by atoms with Crippen molar-refractivity contribution >= 4 is 51.6 Å². The number of anilines is 1. The first-order chi connectivity index (χ1) is 15.4. The molecule has 0 fully saturated rings. The Balaban J connectivity index is 1.46. The molecular weight excluding hydrogens is 464 g/mol. The molecule has 0 spiro atoms. The van der Waals surface area contributed by atoms with Crippen molar-refractivity contribution in [3.8, 4) is 0 Å². The fourth-order valence-corrected chi connectivity index (χ4v) is 5.85. The van der Waals surface area contributed by atoms with Crippen LogP contribution in [-0.2, 0) is 23.5 Å². The second kappa shape index (κ2) is 10.1. The molecule has 0 atom stereocenters. The van der Waals surface area contributed by atoms with Gasteiger partial charge in [0.2, 0.25) is 0 Å². The Morgan fingerprint density at radius 1 is 1.16 bits per heavy atom. The highest BCUT2D eigenvalue weighted by atomic mass is 35.5. The topological polar surface area (TPSA) is 58.6 Å². The molecule has 32 heavy (non-hydrogen) atoms. The number of ether oxygens (including phenoxy) is 1. The number of rotatable bonds is 6. The quantitative estimate of drug-likeness (QED) is 0.356. The summed E-state index contributed by atoms with van der Waals surface area (Å²) in [5.41, 5.74) is 3.14. The molecule has 0 bridgehead atoms. The van der Waals surface area contributed by atoms with Crippen LogP contribution in [0, 0.1) is 0 Å². The van der Waals surface area contributed by atoms with E-state index in [9.17, 15) is 9.59 Å². The molecule has 1 aromatic heterocycles. The van der Waals surface area contributed by atoms with Crippen LogP contribution in [0.5, 0.6) is 0 Å². The molecule has 1 N–H and O–H groups in total. The number of nitrogens with one attached hydrogen (secondary N) is 1. The van der Waals surface area contributed by atoms with E-state index in [1.54, 1.807) is 11.8 Å². The third-order valence-electron chi connectivity index (χ3n) is 5.30. The highest BCUT2D eigenvalue weighted by Crippen LogP contribution is 2.37. The molecule has 2 heterocycles. The number of thiophene rings is 1. The van der Waals surface area contributed by atoms with Crippen LogP contribution in [-0.4, -0.2) is 37.5 Å². The Bertz CT molecular complexity index is 1130. The van der Waals surface area contributed by atoms with Crippen molar-refractivity contribution in [1.82, 2.24) is 4.90 Å². The second-order valence-electron chi connectivity index (χ2n) is 7.58. The van der Waals surface area contributed by atoms with Crippen molar-refractivity contribution in [3.63, 3.8) is 0 Å². The summed E-state index contributed by atoms with van der Waals surface area (Å²) in [5.74, 6) is 0.150. The summed E-state index contributed by atoms with van der Waals surface area (Å²) in [4.78, 5) is 29.8. The lowest BCUT2D eigenvalue weighted by molar-refractivity contribution is 0.0600. The van der Waals surface area contributed by atoms with Crippen molar-refractivity contribution in [2.75, 3.05) is 26.0 Å². The number of benzene rings is 2. The average Bonchev–Trinajstić information content (AvgIpc) is 3.15. The number of amides is 1. The van der Waals surface area contributed by atoms with Crippen molar-refractivity contribution in [2.45, 2.75) is 23.6 Å². The fourth-order valence-electron chi connectivity index (χ4n) is 3.56. The highest BCUT2D eigenvalue weighted by Gasteiger charge is 2.28. The lowest BCUT2D eigenvalue weighted by Gasteiger charge is -2.22. The Morgan fingerprint density at radius 2 is 1.88 bits per heavy atom. The Labute approximate surface area is 200 Å². The number of halogens is 1. The maximum absolute atomic E-state index is 12.9. The van der Waals surface area contributed by atoms with E-state index in [-0.39, 0.29) is 5.91 Å². The maximum atomic E-state index is 12.9. The third kappa shape index (κ3) is 5.18. The minimum Gasteiger partial charge on any atom is -0.465 e. The summed E-state index contributed by atoms with van der Waals surface area (Å²) >= 11 is 9.10. The molecule has 2 aromatic carbocycles. The van der Waals surface area contributed by atoms with Crippen LogP contribution in [0.3, 0.4) is 0 Å². The summed E-state index contributed by atoms with van der Waals surface area (Å²) in [6, 6.07) is 15.3. The normalized spacial score (nSPS) is 13.5. The number of carbonyl (C=O) groups excluding carboxylic acids is 2. The molecule has 4 rings (SSSR count). The molecule has 1 amide bonds. The van der Waals surface area contributed by atoms with Gasteiger partial charge in [0, 0.05) is 39.2 Å². The average molecular weight is 487 g/mol. The van der Waals surface area contributed by atoms with Gasteiger partial charge in [-0.15, -0.1) is 23.1 Å². The van der Waals surface area contributed by atoms with Gasteiger partial charge in [-0.05, 0) is 61.0 Å². The first-order valence-electron chi connectivity index (χ1n) is 10.1. The van der Waals surface area contributed by atoms with E-state index < -0.39 is 5.97 Å². The molecule has 8 heteroatoms. The number of esters is 1. The molecule has 1 aliphatic heterocycles. The van der Waals surface area contributed by atoms with Gasteiger partial charge in [0.05, 0.1) is 12.7 Å². The van der Waals surface area contributed by atoms with Gasteiger partial charge in [-0.1, -0.05) is 23.7 Å².